The highest BCUT2D eigenvalue weighted by molar-refractivity contribution is 5.93. The number of esters is 2. The molecule has 0 unspecified atom stereocenters. The Bertz CT molecular complexity index is 720. The molecule has 7 heteroatoms. The largest absolute Gasteiger partial charge is 0.463 e. The van der Waals surface area contributed by atoms with E-state index in [1.165, 1.54) is 6.20 Å². The molecule has 1 aliphatic rings. The van der Waals surface area contributed by atoms with Gasteiger partial charge in [0.1, 0.15) is 18.2 Å². The number of amides is 1. The highest BCUT2D eigenvalue weighted by atomic mass is 16.6. The van der Waals surface area contributed by atoms with E-state index in [9.17, 15) is 14.4 Å². The minimum Gasteiger partial charge on any atom is -0.463 e. The molecule has 0 saturated heterocycles. The second-order valence-corrected chi connectivity index (χ2v) is 7.08. The molecule has 1 heterocycles. The molecule has 0 spiro atoms. The summed E-state index contributed by atoms with van der Waals surface area (Å²) in [7, 11) is 0. The Hall–Kier alpha value is -2.83. The van der Waals surface area contributed by atoms with Gasteiger partial charge < -0.3 is 14.2 Å². The Kier molecular flexibility index (Phi) is 6.60. The van der Waals surface area contributed by atoms with Crippen molar-refractivity contribution in [3.63, 3.8) is 0 Å². The summed E-state index contributed by atoms with van der Waals surface area (Å²) in [5.74, 6) is -1.18. The average Bonchev–Trinajstić information content (AvgIpc) is 3.05. The lowest BCUT2D eigenvalue weighted by Crippen LogP contribution is -2.42. The molecule has 1 aromatic rings. The predicted octanol–water partition coefficient (Wildman–Crippen LogP) is 3.19. The van der Waals surface area contributed by atoms with Gasteiger partial charge in [-0.3, -0.25) is 4.90 Å². The first-order valence-electron chi connectivity index (χ1n) is 8.81. The van der Waals surface area contributed by atoms with Gasteiger partial charge >= 0.3 is 18.0 Å². The lowest BCUT2D eigenvalue weighted by molar-refractivity contribution is -0.149. The summed E-state index contributed by atoms with van der Waals surface area (Å²) in [6.45, 7) is 7.13. The first-order valence-corrected chi connectivity index (χ1v) is 8.81. The summed E-state index contributed by atoms with van der Waals surface area (Å²) in [5.41, 5.74) is 0.312. The van der Waals surface area contributed by atoms with E-state index in [-0.39, 0.29) is 25.2 Å². The Morgan fingerprint density at radius 2 is 1.78 bits per heavy atom. The summed E-state index contributed by atoms with van der Waals surface area (Å²) < 4.78 is 15.6. The lowest BCUT2D eigenvalue weighted by atomic mass is 10.1. The number of hydrogen-bond donors (Lipinski definition) is 0. The fourth-order valence-electron chi connectivity index (χ4n) is 2.49. The van der Waals surface area contributed by atoms with Gasteiger partial charge in [0.05, 0.1) is 12.2 Å². The summed E-state index contributed by atoms with van der Waals surface area (Å²) >= 11 is 0. The van der Waals surface area contributed by atoms with E-state index in [0.29, 0.717) is 0 Å². The lowest BCUT2D eigenvalue weighted by Gasteiger charge is -2.26. The minimum absolute atomic E-state index is 0.0195. The number of ether oxygens (including phenoxy) is 3. The van der Waals surface area contributed by atoms with Gasteiger partial charge in [-0.05, 0) is 33.3 Å². The van der Waals surface area contributed by atoms with E-state index in [1.54, 1.807) is 27.7 Å². The highest BCUT2D eigenvalue weighted by Gasteiger charge is 2.40. The van der Waals surface area contributed by atoms with Crippen molar-refractivity contribution in [2.45, 2.75) is 52.4 Å². The second kappa shape index (κ2) is 8.70. The number of carbonyl (C=O) groups is 3. The van der Waals surface area contributed by atoms with Crippen molar-refractivity contribution in [1.82, 2.24) is 4.90 Å². The van der Waals surface area contributed by atoms with Crippen molar-refractivity contribution in [3.05, 3.63) is 47.7 Å². The molecular formula is C20H25NO6. The summed E-state index contributed by atoms with van der Waals surface area (Å²) in [5, 5.41) is 0. The van der Waals surface area contributed by atoms with Gasteiger partial charge in [-0.1, -0.05) is 30.3 Å². The number of nitrogens with zero attached hydrogens (tertiary/aromatic N) is 1. The molecule has 1 aliphatic heterocycles. The van der Waals surface area contributed by atoms with Crippen molar-refractivity contribution < 1.29 is 28.6 Å². The van der Waals surface area contributed by atoms with Crippen molar-refractivity contribution in [3.8, 4) is 0 Å². The molecule has 0 aliphatic carbocycles. The van der Waals surface area contributed by atoms with Crippen LogP contribution < -0.4 is 0 Å². The molecule has 0 N–H and O–H groups in total. The molecule has 27 heavy (non-hydrogen) atoms. The molecule has 1 amide bonds. The third-order valence-electron chi connectivity index (χ3n) is 3.68. The van der Waals surface area contributed by atoms with Crippen molar-refractivity contribution in [2.24, 2.45) is 0 Å². The normalized spacial score (nSPS) is 16.5. The fraction of sp³-hybridized carbons (Fsp3) is 0.450. The molecule has 146 valence electrons. The SMILES string of the molecule is CCOC(=O)C1=CN(C(=O)OC(C)(C)C)[C@H](C(=O)OCc2ccccc2)C1. The van der Waals surface area contributed by atoms with Gasteiger partial charge in [0.25, 0.3) is 0 Å². The first-order chi connectivity index (χ1) is 12.7. The monoisotopic (exact) mass is 375 g/mol. The predicted molar refractivity (Wildman–Crippen MR) is 97.4 cm³/mol. The van der Waals surface area contributed by atoms with E-state index in [0.717, 1.165) is 10.5 Å². The van der Waals surface area contributed by atoms with Crippen LogP contribution in [0.25, 0.3) is 0 Å². The summed E-state index contributed by atoms with van der Waals surface area (Å²) in [4.78, 5) is 38.2. The number of rotatable bonds is 5. The zero-order chi connectivity index (χ0) is 20.0. The van der Waals surface area contributed by atoms with Crippen LogP contribution in [0.2, 0.25) is 0 Å². The van der Waals surface area contributed by atoms with Crippen molar-refractivity contribution in [1.29, 1.82) is 0 Å². The van der Waals surface area contributed by atoms with Crippen LogP contribution in [0.5, 0.6) is 0 Å². The Morgan fingerprint density at radius 3 is 2.37 bits per heavy atom. The van der Waals surface area contributed by atoms with Crippen LogP contribution in [-0.2, 0) is 30.4 Å². The third-order valence-corrected chi connectivity index (χ3v) is 3.68. The van der Waals surface area contributed by atoms with Crippen LogP contribution in [-0.4, -0.2) is 41.2 Å². The summed E-state index contributed by atoms with van der Waals surface area (Å²) in [6.07, 6.45) is 0.607. The van der Waals surface area contributed by atoms with Crippen LogP contribution in [0.1, 0.15) is 39.7 Å². The van der Waals surface area contributed by atoms with Crippen LogP contribution in [0.15, 0.2) is 42.1 Å². The van der Waals surface area contributed by atoms with Crippen molar-refractivity contribution in [2.75, 3.05) is 6.61 Å². The maximum absolute atomic E-state index is 12.6. The van der Waals surface area contributed by atoms with Crippen LogP contribution in [0.4, 0.5) is 4.79 Å². The average molecular weight is 375 g/mol. The maximum Gasteiger partial charge on any atom is 0.415 e. The molecule has 0 saturated carbocycles. The first kappa shape index (κ1) is 20.5. The van der Waals surface area contributed by atoms with E-state index >= 15 is 0 Å². The van der Waals surface area contributed by atoms with Gasteiger partial charge in [-0.25, -0.2) is 14.4 Å². The number of hydrogen-bond acceptors (Lipinski definition) is 6. The molecule has 0 radical (unpaired) electrons. The van der Waals surface area contributed by atoms with Crippen LogP contribution >= 0.6 is 0 Å². The maximum atomic E-state index is 12.6. The molecular weight excluding hydrogens is 350 g/mol. The molecule has 2 rings (SSSR count). The van der Waals surface area contributed by atoms with E-state index < -0.39 is 29.7 Å². The number of carbonyl (C=O) groups excluding carboxylic acids is 3. The highest BCUT2D eigenvalue weighted by Crippen LogP contribution is 2.26. The third kappa shape index (κ3) is 5.84. The second-order valence-electron chi connectivity index (χ2n) is 7.08. The van der Waals surface area contributed by atoms with Gasteiger partial charge in [0, 0.05) is 12.6 Å². The minimum atomic E-state index is -0.969. The van der Waals surface area contributed by atoms with Crippen LogP contribution in [0.3, 0.4) is 0 Å². The van der Waals surface area contributed by atoms with Gasteiger partial charge in [-0.2, -0.15) is 0 Å². The summed E-state index contributed by atoms with van der Waals surface area (Å²) in [6, 6.07) is 8.23. The van der Waals surface area contributed by atoms with Gasteiger partial charge in [0.15, 0.2) is 0 Å². The van der Waals surface area contributed by atoms with Crippen molar-refractivity contribution >= 4 is 18.0 Å². The van der Waals surface area contributed by atoms with Gasteiger partial charge in [-0.15, -0.1) is 0 Å². The van der Waals surface area contributed by atoms with Crippen LogP contribution in [0, 0.1) is 0 Å². The number of benzene rings is 1. The zero-order valence-electron chi connectivity index (χ0n) is 16.1. The Balaban J connectivity index is 2.12. The smallest absolute Gasteiger partial charge is 0.415 e. The molecule has 1 atom stereocenters. The molecule has 7 nitrogen and oxygen atoms in total. The topological polar surface area (TPSA) is 82.1 Å². The van der Waals surface area contributed by atoms with E-state index in [4.69, 9.17) is 14.2 Å². The quantitative estimate of drug-likeness (QED) is 0.581. The molecule has 0 aromatic heterocycles. The molecule has 1 aromatic carbocycles. The van der Waals surface area contributed by atoms with E-state index in [2.05, 4.69) is 0 Å². The zero-order valence-corrected chi connectivity index (χ0v) is 16.1. The molecule has 0 bridgehead atoms. The standard InChI is InChI=1S/C20H25NO6/c1-5-25-17(22)15-11-16(21(12-15)19(24)27-20(2,3)4)18(23)26-13-14-9-7-6-8-10-14/h6-10,12,16H,5,11,13H2,1-4H3/t16-/m0/s1. The fourth-order valence-corrected chi connectivity index (χ4v) is 2.49. The molecule has 0 fully saturated rings. The van der Waals surface area contributed by atoms with Gasteiger partial charge in [0.2, 0.25) is 0 Å². The Labute approximate surface area is 158 Å². The Morgan fingerprint density at radius 1 is 1.11 bits per heavy atom. The van der Waals surface area contributed by atoms with E-state index in [1.807, 2.05) is 30.3 Å².